The maximum Gasteiger partial charge on any atom is 0.573 e. The molecular weight excluding hydrogens is 502 g/mol. The van der Waals surface area contributed by atoms with Gasteiger partial charge in [-0.1, -0.05) is 18.9 Å². The van der Waals surface area contributed by atoms with Crippen LogP contribution in [0.5, 0.6) is 11.5 Å². The number of hydrogen-bond donors (Lipinski definition) is 2. The van der Waals surface area contributed by atoms with E-state index in [1.54, 1.807) is 6.07 Å². The monoisotopic (exact) mass is 530 g/mol. The second-order valence-corrected chi connectivity index (χ2v) is 8.45. The van der Waals surface area contributed by atoms with Crippen LogP contribution in [0, 0.1) is 0 Å². The Hall–Kier alpha value is -2.74. The van der Waals surface area contributed by atoms with Gasteiger partial charge < -0.3 is 24.6 Å². The van der Waals surface area contributed by atoms with Crippen molar-refractivity contribution in [2.24, 2.45) is 0 Å². The SMILES string of the molecule is COc1cc(OC(F)(F)F)ccc1CN1CCOC2(CCCCC2NC(C)=O)C1.O=C(O)C(F)(F)F. The molecule has 8 nitrogen and oxygen atoms in total. The highest BCUT2D eigenvalue weighted by atomic mass is 19.4. The van der Waals surface area contributed by atoms with Crippen LogP contribution < -0.4 is 14.8 Å². The normalized spacial score (nSPS) is 22.8. The third kappa shape index (κ3) is 8.73. The number of ether oxygens (including phenoxy) is 3. The molecule has 2 atom stereocenters. The van der Waals surface area contributed by atoms with Gasteiger partial charge >= 0.3 is 18.5 Å². The fourth-order valence-corrected chi connectivity index (χ4v) is 4.33. The number of carboxylic acid groups (broad SMARTS) is 1. The number of carbonyl (C=O) groups excluding carboxylic acids is 1. The molecule has 2 aliphatic rings. The number of methoxy groups -OCH3 is 1. The van der Waals surface area contributed by atoms with Gasteiger partial charge in [0.05, 0.1) is 19.8 Å². The lowest BCUT2D eigenvalue weighted by Crippen LogP contribution is -2.63. The lowest BCUT2D eigenvalue weighted by atomic mass is 9.78. The maximum absolute atomic E-state index is 12.5. The van der Waals surface area contributed by atoms with Gasteiger partial charge in [0.2, 0.25) is 5.91 Å². The number of hydrogen-bond acceptors (Lipinski definition) is 6. The van der Waals surface area contributed by atoms with Gasteiger partial charge in [-0.3, -0.25) is 9.69 Å². The molecule has 14 heteroatoms. The van der Waals surface area contributed by atoms with E-state index in [1.807, 2.05) is 0 Å². The number of nitrogens with zero attached hydrogens (tertiary/aromatic N) is 1. The van der Waals surface area contributed by atoms with Gasteiger partial charge in [-0.15, -0.1) is 13.2 Å². The third-order valence-corrected chi connectivity index (χ3v) is 5.77. The predicted molar refractivity (Wildman–Crippen MR) is 113 cm³/mol. The minimum Gasteiger partial charge on any atom is -0.496 e. The van der Waals surface area contributed by atoms with Gasteiger partial charge in [-0.05, 0) is 18.9 Å². The standard InChI is InChI=1S/C20H27F3N2O4.C2HF3O2/c1-14(26)24-18-5-3-4-8-19(18)13-25(9-10-28-19)12-15-6-7-16(11-17(15)27-2)29-20(21,22)23;3-2(4,5)1(6)7/h6-7,11,18H,3-5,8-10,12-13H2,1-2H3,(H,24,26);(H,6,7). The smallest absolute Gasteiger partial charge is 0.496 e. The molecule has 1 aromatic rings. The lowest BCUT2D eigenvalue weighted by Gasteiger charge is -2.49. The molecule has 204 valence electrons. The van der Waals surface area contributed by atoms with Crippen molar-refractivity contribution in [3.63, 3.8) is 0 Å². The van der Waals surface area contributed by atoms with Crippen LogP contribution in [0.4, 0.5) is 26.3 Å². The van der Waals surface area contributed by atoms with Gasteiger partial charge in [0.15, 0.2) is 0 Å². The largest absolute Gasteiger partial charge is 0.573 e. The number of benzene rings is 1. The fraction of sp³-hybridized carbons (Fsp3) is 0.636. The van der Waals surface area contributed by atoms with Gasteiger partial charge in [-0.25, -0.2) is 4.79 Å². The van der Waals surface area contributed by atoms with Crippen LogP contribution in [0.2, 0.25) is 0 Å². The molecule has 1 heterocycles. The molecule has 1 aliphatic heterocycles. The molecule has 3 rings (SSSR count). The molecular formula is C22H28F6N2O6. The Balaban J connectivity index is 0.000000572. The van der Waals surface area contributed by atoms with E-state index in [4.69, 9.17) is 19.4 Å². The summed E-state index contributed by atoms with van der Waals surface area (Å²) in [6.07, 6.45) is -6.01. The van der Waals surface area contributed by atoms with E-state index < -0.39 is 24.1 Å². The van der Waals surface area contributed by atoms with Crippen molar-refractivity contribution < 1.29 is 55.2 Å². The quantitative estimate of drug-likeness (QED) is 0.558. The number of morpholine rings is 1. The van der Waals surface area contributed by atoms with E-state index in [2.05, 4.69) is 15.0 Å². The number of carboxylic acids is 1. The van der Waals surface area contributed by atoms with Crippen LogP contribution in [0.1, 0.15) is 38.2 Å². The molecule has 2 fully saturated rings. The van der Waals surface area contributed by atoms with Gasteiger partial charge in [0, 0.05) is 38.2 Å². The maximum atomic E-state index is 12.5. The first-order valence-electron chi connectivity index (χ1n) is 11.0. The van der Waals surface area contributed by atoms with E-state index in [-0.39, 0.29) is 17.7 Å². The summed E-state index contributed by atoms with van der Waals surface area (Å²) in [7, 11) is 1.42. The second-order valence-electron chi connectivity index (χ2n) is 8.45. The number of amides is 1. The van der Waals surface area contributed by atoms with Crippen LogP contribution in [-0.4, -0.2) is 72.9 Å². The Kier molecular flexibility index (Phi) is 9.83. The summed E-state index contributed by atoms with van der Waals surface area (Å²) in [5.41, 5.74) is 0.334. The molecule has 1 saturated heterocycles. The van der Waals surface area contributed by atoms with E-state index >= 15 is 0 Å². The molecule has 0 bridgehead atoms. The van der Waals surface area contributed by atoms with Crippen molar-refractivity contribution >= 4 is 11.9 Å². The molecule has 0 radical (unpaired) electrons. The van der Waals surface area contributed by atoms with Gasteiger partial charge in [0.25, 0.3) is 0 Å². The Morgan fingerprint density at radius 3 is 2.44 bits per heavy atom. The third-order valence-electron chi connectivity index (χ3n) is 5.77. The first kappa shape index (κ1) is 29.5. The summed E-state index contributed by atoms with van der Waals surface area (Å²) in [4.78, 5) is 22.7. The highest BCUT2D eigenvalue weighted by molar-refractivity contribution is 5.73. The average Bonchev–Trinajstić information content (AvgIpc) is 2.75. The molecule has 1 aliphatic carbocycles. The van der Waals surface area contributed by atoms with Gasteiger partial charge in [0.1, 0.15) is 17.1 Å². The summed E-state index contributed by atoms with van der Waals surface area (Å²) in [5, 5.41) is 10.2. The molecule has 1 aromatic carbocycles. The minimum absolute atomic E-state index is 0.0407. The average molecular weight is 530 g/mol. The molecule has 2 unspecified atom stereocenters. The van der Waals surface area contributed by atoms with Crippen LogP contribution in [-0.2, 0) is 20.9 Å². The number of alkyl halides is 6. The summed E-state index contributed by atoms with van der Waals surface area (Å²) >= 11 is 0. The molecule has 2 N–H and O–H groups in total. The fourth-order valence-electron chi connectivity index (χ4n) is 4.33. The number of rotatable bonds is 5. The van der Waals surface area contributed by atoms with E-state index in [9.17, 15) is 31.1 Å². The van der Waals surface area contributed by atoms with E-state index in [0.717, 1.165) is 31.2 Å². The first-order valence-corrected chi connectivity index (χ1v) is 11.0. The van der Waals surface area contributed by atoms with E-state index in [1.165, 1.54) is 26.2 Å². The molecule has 1 spiro atoms. The Morgan fingerprint density at radius 1 is 1.22 bits per heavy atom. The topological polar surface area (TPSA) is 97.3 Å². The summed E-state index contributed by atoms with van der Waals surface area (Å²) in [6.45, 7) is 3.89. The predicted octanol–water partition coefficient (Wildman–Crippen LogP) is 3.88. The van der Waals surface area contributed by atoms with Crippen molar-refractivity contribution in [2.45, 2.75) is 63.3 Å². The van der Waals surface area contributed by atoms with Crippen molar-refractivity contribution in [3.8, 4) is 11.5 Å². The first-order chi connectivity index (χ1) is 16.6. The Labute approximate surface area is 203 Å². The summed E-state index contributed by atoms with van der Waals surface area (Å²) < 4.78 is 84.6. The Morgan fingerprint density at radius 2 is 1.89 bits per heavy atom. The number of carbonyl (C=O) groups is 2. The van der Waals surface area contributed by atoms with Crippen LogP contribution in [0.25, 0.3) is 0 Å². The van der Waals surface area contributed by atoms with Crippen LogP contribution in [0.15, 0.2) is 18.2 Å². The minimum atomic E-state index is -5.08. The number of nitrogens with one attached hydrogen (secondary N) is 1. The zero-order chi connectivity index (χ0) is 27.1. The highest BCUT2D eigenvalue weighted by Crippen LogP contribution is 2.36. The lowest BCUT2D eigenvalue weighted by molar-refractivity contribution is -0.274. The summed E-state index contributed by atoms with van der Waals surface area (Å²) in [5.74, 6) is -2.80. The van der Waals surface area contributed by atoms with Crippen molar-refractivity contribution in [2.75, 3.05) is 26.8 Å². The van der Waals surface area contributed by atoms with Crippen LogP contribution in [0.3, 0.4) is 0 Å². The van der Waals surface area contributed by atoms with Crippen molar-refractivity contribution in [1.82, 2.24) is 10.2 Å². The van der Waals surface area contributed by atoms with Crippen molar-refractivity contribution in [3.05, 3.63) is 23.8 Å². The zero-order valence-electron chi connectivity index (χ0n) is 19.7. The number of halogens is 6. The van der Waals surface area contributed by atoms with Gasteiger partial charge in [-0.2, -0.15) is 13.2 Å². The van der Waals surface area contributed by atoms with Crippen LogP contribution >= 0.6 is 0 Å². The second kappa shape index (κ2) is 12.0. The molecule has 36 heavy (non-hydrogen) atoms. The Bertz CT molecular complexity index is 906. The molecule has 0 aromatic heterocycles. The van der Waals surface area contributed by atoms with E-state index in [0.29, 0.717) is 32.0 Å². The zero-order valence-corrected chi connectivity index (χ0v) is 19.7. The van der Waals surface area contributed by atoms with Crippen molar-refractivity contribution in [1.29, 1.82) is 0 Å². The number of aliphatic carboxylic acids is 1. The molecule has 1 amide bonds. The highest BCUT2D eigenvalue weighted by Gasteiger charge is 2.45. The summed E-state index contributed by atoms with van der Waals surface area (Å²) in [6, 6.07) is 4.09. The molecule has 1 saturated carbocycles.